The van der Waals surface area contributed by atoms with Crippen molar-refractivity contribution in [2.75, 3.05) is 40.1 Å². The summed E-state index contributed by atoms with van der Waals surface area (Å²) in [4.78, 5) is 0. The molecule has 0 saturated heterocycles. The van der Waals surface area contributed by atoms with Gasteiger partial charge < -0.3 is 24.1 Å². The van der Waals surface area contributed by atoms with Crippen molar-refractivity contribution in [2.45, 2.75) is 26.1 Å². The van der Waals surface area contributed by atoms with Crippen molar-refractivity contribution in [3.63, 3.8) is 0 Å². The highest BCUT2D eigenvalue weighted by Crippen LogP contribution is 2.18. The Labute approximate surface area is 126 Å². The summed E-state index contributed by atoms with van der Waals surface area (Å²) in [5.74, 6) is 0.799. The van der Waals surface area contributed by atoms with E-state index in [2.05, 4.69) is 0 Å². The maximum Gasteiger partial charge on any atom is 0.119 e. The van der Waals surface area contributed by atoms with Gasteiger partial charge in [0.2, 0.25) is 0 Å². The largest absolute Gasteiger partial charge is 0.491 e. The number of methoxy groups -OCH3 is 1. The molecular weight excluding hydrogens is 272 g/mol. The van der Waals surface area contributed by atoms with Crippen LogP contribution in [0.15, 0.2) is 24.3 Å². The average Bonchev–Trinajstić information content (AvgIpc) is 2.46. The minimum Gasteiger partial charge on any atom is -0.491 e. The summed E-state index contributed by atoms with van der Waals surface area (Å²) in [6.45, 7) is 6.29. The van der Waals surface area contributed by atoms with Gasteiger partial charge in [0.1, 0.15) is 11.9 Å². The number of rotatable bonds is 11. The predicted molar refractivity (Wildman–Crippen MR) is 80.7 cm³/mol. The summed E-state index contributed by atoms with van der Waals surface area (Å²) in [6.07, 6.45) is -0.501. The van der Waals surface area contributed by atoms with Crippen LogP contribution in [0.4, 0.5) is 0 Å². The van der Waals surface area contributed by atoms with Crippen molar-refractivity contribution >= 4 is 0 Å². The fraction of sp³-hybridized carbons (Fsp3) is 0.625. The fourth-order valence-corrected chi connectivity index (χ4v) is 1.69. The van der Waals surface area contributed by atoms with Crippen molar-refractivity contribution in [2.24, 2.45) is 0 Å². The second-order valence-electron chi connectivity index (χ2n) is 4.93. The highest BCUT2D eigenvalue weighted by molar-refractivity contribution is 5.28. The van der Waals surface area contributed by atoms with Gasteiger partial charge in [0, 0.05) is 7.11 Å². The van der Waals surface area contributed by atoms with Gasteiger partial charge >= 0.3 is 0 Å². The van der Waals surface area contributed by atoms with Gasteiger partial charge in [-0.15, -0.1) is 0 Å². The predicted octanol–water partition coefficient (Wildman–Crippen LogP) is 2.19. The molecule has 1 N–H and O–H groups in total. The molecule has 0 spiro atoms. The molecule has 0 aliphatic carbocycles. The third kappa shape index (κ3) is 8.02. The SMILES string of the molecule is COCCOCCOCC(O)c1ccc(OC(C)C)cc1. The van der Waals surface area contributed by atoms with Gasteiger partial charge in [0.25, 0.3) is 0 Å². The van der Waals surface area contributed by atoms with Crippen LogP contribution < -0.4 is 4.74 Å². The monoisotopic (exact) mass is 298 g/mol. The Morgan fingerprint density at radius 1 is 0.952 bits per heavy atom. The molecule has 5 nitrogen and oxygen atoms in total. The van der Waals surface area contributed by atoms with E-state index in [0.29, 0.717) is 26.4 Å². The van der Waals surface area contributed by atoms with E-state index in [0.717, 1.165) is 11.3 Å². The second-order valence-corrected chi connectivity index (χ2v) is 4.93. The van der Waals surface area contributed by atoms with Crippen LogP contribution in [0.5, 0.6) is 5.75 Å². The zero-order valence-corrected chi connectivity index (χ0v) is 13.1. The van der Waals surface area contributed by atoms with Crippen LogP contribution in [0.25, 0.3) is 0 Å². The molecule has 0 heterocycles. The Bertz CT molecular complexity index is 363. The normalized spacial score (nSPS) is 12.6. The second kappa shape index (κ2) is 10.6. The van der Waals surface area contributed by atoms with Crippen LogP contribution in [-0.4, -0.2) is 51.4 Å². The van der Waals surface area contributed by atoms with Crippen molar-refractivity contribution in [1.82, 2.24) is 0 Å². The molecule has 5 heteroatoms. The number of hydrogen-bond acceptors (Lipinski definition) is 5. The Morgan fingerprint density at radius 2 is 1.57 bits per heavy atom. The first-order chi connectivity index (χ1) is 10.1. The van der Waals surface area contributed by atoms with Gasteiger partial charge in [-0.1, -0.05) is 12.1 Å². The van der Waals surface area contributed by atoms with E-state index in [9.17, 15) is 5.11 Å². The van der Waals surface area contributed by atoms with Crippen LogP contribution in [0.1, 0.15) is 25.5 Å². The topological polar surface area (TPSA) is 57.2 Å². The minimum absolute atomic E-state index is 0.141. The Morgan fingerprint density at radius 3 is 2.19 bits per heavy atom. The standard InChI is InChI=1S/C16H26O5/c1-13(2)21-15-6-4-14(5-7-15)16(17)12-20-11-10-19-9-8-18-3/h4-7,13,16-17H,8-12H2,1-3H3. The van der Waals surface area contributed by atoms with Crippen LogP contribution in [0.2, 0.25) is 0 Å². The molecule has 0 saturated carbocycles. The van der Waals surface area contributed by atoms with Gasteiger partial charge in [-0.3, -0.25) is 0 Å². The van der Waals surface area contributed by atoms with E-state index in [-0.39, 0.29) is 12.7 Å². The first kappa shape index (κ1) is 17.9. The number of ether oxygens (including phenoxy) is 4. The lowest BCUT2D eigenvalue weighted by atomic mass is 10.1. The molecule has 0 fully saturated rings. The molecule has 1 rings (SSSR count). The summed E-state index contributed by atoms with van der Waals surface area (Å²) in [7, 11) is 1.63. The number of benzene rings is 1. The van der Waals surface area contributed by atoms with E-state index in [1.807, 2.05) is 38.1 Å². The number of hydrogen-bond donors (Lipinski definition) is 1. The van der Waals surface area contributed by atoms with Gasteiger partial charge in [-0.2, -0.15) is 0 Å². The van der Waals surface area contributed by atoms with Crippen LogP contribution in [0.3, 0.4) is 0 Å². The maximum atomic E-state index is 10.0. The summed E-state index contributed by atoms with van der Waals surface area (Å²) < 4.78 is 21.1. The van der Waals surface area contributed by atoms with Crippen molar-refractivity contribution in [3.8, 4) is 5.75 Å². The summed E-state index contributed by atoms with van der Waals surface area (Å²) in [6, 6.07) is 7.40. The van der Waals surface area contributed by atoms with E-state index >= 15 is 0 Å². The zero-order chi connectivity index (χ0) is 15.5. The molecule has 0 bridgehead atoms. The van der Waals surface area contributed by atoms with E-state index in [4.69, 9.17) is 18.9 Å². The molecule has 1 aromatic rings. The highest BCUT2D eigenvalue weighted by atomic mass is 16.5. The molecule has 0 aliphatic heterocycles. The maximum absolute atomic E-state index is 10.0. The van der Waals surface area contributed by atoms with Crippen molar-refractivity contribution in [1.29, 1.82) is 0 Å². The Balaban J connectivity index is 2.21. The van der Waals surface area contributed by atoms with Crippen LogP contribution in [-0.2, 0) is 14.2 Å². The highest BCUT2D eigenvalue weighted by Gasteiger charge is 2.08. The van der Waals surface area contributed by atoms with Gasteiger partial charge in [-0.05, 0) is 31.5 Å². The lowest BCUT2D eigenvalue weighted by Gasteiger charge is -2.14. The molecule has 120 valence electrons. The third-order valence-electron chi connectivity index (χ3n) is 2.72. The van der Waals surface area contributed by atoms with Gasteiger partial charge in [0.15, 0.2) is 0 Å². The molecule has 0 radical (unpaired) electrons. The van der Waals surface area contributed by atoms with E-state index in [1.54, 1.807) is 7.11 Å². The summed E-state index contributed by atoms with van der Waals surface area (Å²) in [5.41, 5.74) is 0.811. The smallest absolute Gasteiger partial charge is 0.119 e. The van der Waals surface area contributed by atoms with Gasteiger partial charge in [-0.25, -0.2) is 0 Å². The third-order valence-corrected chi connectivity index (χ3v) is 2.72. The van der Waals surface area contributed by atoms with E-state index in [1.165, 1.54) is 0 Å². The van der Waals surface area contributed by atoms with Crippen molar-refractivity contribution in [3.05, 3.63) is 29.8 Å². The van der Waals surface area contributed by atoms with E-state index < -0.39 is 6.10 Å². The Kier molecular flexibility index (Phi) is 9.01. The summed E-state index contributed by atoms with van der Waals surface area (Å²) >= 11 is 0. The average molecular weight is 298 g/mol. The fourth-order valence-electron chi connectivity index (χ4n) is 1.69. The molecule has 1 atom stereocenters. The van der Waals surface area contributed by atoms with Gasteiger partial charge in [0.05, 0.1) is 39.1 Å². The molecule has 1 aromatic carbocycles. The lowest BCUT2D eigenvalue weighted by molar-refractivity contribution is -0.00591. The van der Waals surface area contributed by atoms with Crippen LogP contribution in [0, 0.1) is 0 Å². The first-order valence-electron chi connectivity index (χ1n) is 7.22. The summed E-state index contributed by atoms with van der Waals surface area (Å²) in [5, 5.41) is 10.0. The quantitative estimate of drug-likeness (QED) is 0.635. The lowest BCUT2D eigenvalue weighted by Crippen LogP contribution is -2.12. The zero-order valence-electron chi connectivity index (χ0n) is 13.1. The Hall–Kier alpha value is -1.14. The first-order valence-corrected chi connectivity index (χ1v) is 7.22. The molecule has 0 aromatic heterocycles. The molecular formula is C16H26O5. The molecule has 0 amide bonds. The molecule has 0 aliphatic rings. The number of aliphatic hydroxyl groups excluding tert-OH is 1. The molecule has 21 heavy (non-hydrogen) atoms. The van der Waals surface area contributed by atoms with Crippen LogP contribution >= 0.6 is 0 Å². The van der Waals surface area contributed by atoms with Crippen molar-refractivity contribution < 1.29 is 24.1 Å². The minimum atomic E-state index is -0.642. The molecule has 1 unspecified atom stereocenters. The number of aliphatic hydroxyl groups is 1.